The number of nitrogens with one attached hydrogen (secondary N) is 2. The topological polar surface area (TPSA) is 141 Å². The van der Waals surface area contributed by atoms with Gasteiger partial charge in [0.1, 0.15) is 12.2 Å². The molecule has 11 heteroatoms. The Kier molecular flexibility index (Phi) is 5.97. The molecule has 4 atom stereocenters. The van der Waals surface area contributed by atoms with Crippen molar-refractivity contribution in [1.29, 1.82) is 0 Å². The maximum atomic E-state index is 12.1. The molecule has 0 bridgehead atoms. The van der Waals surface area contributed by atoms with Crippen LogP contribution in [0.15, 0.2) is 30.5 Å². The molecule has 2 fully saturated rings. The van der Waals surface area contributed by atoms with E-state index in [1.807, 2.05) is 24.3 Å². The Morgan fingerprint density at radius 2 is 1.82 bits per heavy atom. The summed E-state index contributed by atoms with van der Waals surface area (Å²) in [6.45, 7) is 0.929. The van der Waals surface area contributed by atoms with Crippen LogP contribution in [0.3, 0.4) is 0 Å². The van der Waals surface area contributed by atoms with E-state index < -0.39 is 5.97 Å². The van der Waals surface area contributed by atoms with E-state index in [0.29, 0.717) is 37.1 Å². The average Bonchev–Trinajstić information content (AvgIpc) is 3.52. The molecule has 0 spiro atoms. The second-order valence-corrected chi connectivity index (χ2v) is 8.10. The van der Waals surface area contributed by atoms with Crippen molar-refractivity contribution < 1.29 is 33.6 Å². The quantitative estimate of drug-likeness (QED) is 0.530. The van der Waals surface area contributed by atoms with Crippen molar-refractivity contribution in [2.75, 3.05) is 25.3 Å². The van der Waals surface area contributed by atoms with Crippen molar-refractivity contribution in [2.24, 2.45) is 0 Å². The van der Waals surface area contributed by atoms with Crippen molar-refractivity contribution >= 4 is 17.8 Å². The third kappa shape index (κ3) is 4.69. The molecule has 5 rings (SSSR count). The van der Waals surface area contributed by atoms with Crippen molar-refractivity contribution in [1.82, 2.24) is 15.3 Å². The summed E-state index contributed by atoms with van der Waals surface area (Å²) in [6, 6.07) is 7.02. The van der Waals surface area contributed by atoms with Crippen molar-refractivity contribution in [2.45, 2.75) is 43.6 Å². The number of fused-ring (bicyclic) bond motifs is 2. The minimum atomic E-state index is -0.912. The van der Waals surface area contributed by atoms with E-state index in [1.165, 1.54) is 0 Å². The van der Waals surface area contributed by atoms with Gasteiger partial charge in [-0.1, -0.05) is 0 Å². The minimum absolute atomic E-state index is 0.0333. The molecule has 4 unspecified atom stereocenters. The predicted octanol–water partition coefficient (Wildman–Crippen LogP) is 1.19. The van der Waals surface area contributed by atoms with Gasteiger partial charge in [-0.2, -0.15) is 0 Å². The zero-order valence-electron chi connectivity index (χ0n) is 17.7. The van der Waals surface area contributed by atoms with Gasteiger partial charge in [0.25, 0.3) is 0 Å². The molecule has 2 aromatic rings. The van der Waals surface area contributed by atoms with Crippen LogP contribution >= 0.6 is 0 Å². The monoisotopic (exact) mass is 456 g/mol. The number of carbonyl (C=O) groups is 2. The van der Waals surface area contributed by atoms with Gasteiger partial charge in [0.05, 0.1) is 31.0 Å². The summed E-state index contributed by atoms with van der Waals surface area (Å²) >= 11 is 0. The number of carboxylic acid groups (broad SMARTS) is 1. The molecule has 11 nitrogen and oxygen atoms in total. The number of nitrogens with zero attached hydrogens (tertiary/aromatic N) is 2. The van der Waals surface area contributed by atoms with E-state index >= 15 is 0 Å². The summed E-state index contributed by atoms with van der Waals surface area (Å²) in [6.07, 6.45) is 1.55. The maximum absolute atomic E-state index is 12.1. The fraction of sp³-hybridized carbons (Fsp3) is 0.455. The lowest BCUT2D eigenvalue weighted by molar-refractivity contribution is -0.137. The lowest BCUT2D eigenvalue weighted by atomic mass is 10.1. The summed E-state index contributed by atoms with van der Waals surface area (Å²) in [7, 11) is 0. The number of aromatic nitrogens is 2. The number of amides is 1. The van der Waals surface area contributed by atoms with Crippen LogP contribution in [0.5, 0.6) is 11.5 Å². The standard InChI is InChI=1S/C22H24N4O7/c27-18(2-1-3-19(28)29)24-14-9-30-21-15(10-31-20(14)21)26-22-23-7-6-13(25-22)12-4-5-16-17(8-12)33-11-32-16/h4-8,14-15,20-21H,1-3,9-11H2,(H,24,27)(H,28,29)(H,23,25,26). The number of aliphatic carboxylic acids is 1. The fourth-order valence-corrected chi connectivity index (χ4v) is 4.24. The van der Waals surface area contributed by atoms with Gasteiger partial charge in [-0.05, 0) is 30.7 Å². The molecule has 1 aromatic carbocycles. The van der Waals surface area contributed by atoms with Crippen LogP contribution in [0, 0.1) is 0 Å². The number of carbonyl (C=O) groups excluding carboxylic acids is 1. The van der Waals surface area contributed by atoms with E-state index in [-0.39, 0.29) is 49.8 Å². The summed E-state index contributed by atoms with van der Waals surface area (Å²) in [5, 5.41) is 14.9. The molecule has 4 heterocycles. The van der Waals surface area contributed by atoms with Gasteiger partial charge in [-0.15, -0.1) is 0 Å². The van der Waals surface area contributed by atoms with Crippen molar-refractivity contribution in [3.05, 3.63) is 30.5 Å². The Labute approximate surface area is 189 Å². The molecule has 3 aliphatic rings. The van der Waals surface area contributed by atoms with E-state index in [4.69, 9.17) is 24.1 Å². The predicted molar refractivity (Wildman–Crippen MR) is 114 cm³/mol. The fourth-order valence-electron chi connectivity index (χ4n) is 4.24. The molecule has 0 aliphatic carbocycles. The molecule has 33 heavy (non-hydrogen) atoms. The zero-order valence-corrected chi connectivity index (χ0v) is 17.7. The molecule has 1 amide bonds. The van der Waals surface area contributed by atoms with Gasteiger partial charge >= 0.3 is 5.97 Å². The second-order valence-electron chi connectivity index (χ2n) is 8.10. The average molecular weight is 456 g/mol. The summed E-state index contributed by atoms with van der Waals surface area (Å²) in [4.78, 5) is 31.7. The van der Waals surface area contributed by atoms with Crippen LogP contribution in [-0.2, 0) is 19.1 Å². The van der Waals surface area contributed by atoms with Crippen LogP contribution in [0.25, 0.3) is 11.3 Å². The van der Waals surface area contributed by atoms with Crippen LogP contribution < -0.4 is 20.1 Å². The van der Waals surface area contributed by atoms with Gasteiger partial charge in [-0.3, -0.25) is 9.59 Å². The first-order chi connectivity index (χ1) is 16.1. The molecular formula is C22H24N4O7. The molecular weight excluding hydrogens is 432 g/mol. The van der Waals surface area contributed by atoms with Crippen molar-refractivity contribution in [3.8, 4) is 22.8 Å². The van der Waals surface area contributed by atoms with E-state index in [0.717, 1.165) is 11.3 Å². The molecule has 0 radical (unpaired) electrons. The SMILES string of the molecule is O=C(O)CCCC(=O)NC1COC2C(Nc3nccc(-c4ccc5c(c4)OCO5)n3)COC12. The smallest absolute Gasteiger partial charge is 0.303 e. The van der Waals surface area contributed by atoms with Crippen LogP contribution in [-0.4, -0.2) is 71.2 Å². The number of rotatable bonds is 8. The molecule has 174 valence electrons. The first-order valence-corrected chi connectivity index (χ1v) is 10.8. The normalized spacial score (nSPS) is 25.0. The Bertz CT molecular complexity index is 1050. The Morgan fingerprint density at radius 3 is 2.67 bits per heavy atom. The number of hydrogen-bond donors (Lipinski definition) is 3. The summed E-state index contributed by atoms with van der Waals surface area (Å²) in [5.74, 6) is 0.727. The van der Waals surface area contributed by atoms with Gasteiger partial charge < -0.3 is 34.7 Å². The highest BCUT2D eigenvalue weighted by atomic mass is 16.7. The number of anilines is 1. The van der Waals surface area contributed by atoms with Crippen molar-refractivity contribution in [3.63, 3.8) is 0 Å². The zero-order chi connectivity index (χ0) is 22.8. The van der Waals surface area contributed by atoms with Gasteiger partial charge in [0, 0.05) is 24.6 Å². The third-order valence-corrected chi connectivity index (χ3v) is 5.83. The minimum Gasteiger partial charge on any atom is -0.481 e. The number of ether oxygens (including phenoxy) is 4. The van der Waals surface area contributed by atoms with Gasteiger partial charge in [-0.25, -0.2) is 9.97 Å². The summed E-state index contributed by atoms with van der Waals surface area (Å²) in [5.41, 5.74) is 1.62. The molecule has 2 saturated heterocycles. The Balaban J connectivity index is 1.19. The first-order valence-electron chi connectivity index (χ1n) is 10.8. The van der Waals surface area contributed by atoms with Crippen LogP contribution in [0.2, 0.25) is 0 Å². The largest absolute Gasteiger partial charge is 0.481 e. The molecule has 0 saturated carbocycles. The summed E-state index contributed by atoms with van der Waals surface area (Å²) < 4.78 is 22.6. The Hall–Kier alpha value is -3.44. The molecule has 3 N–H and O–H groups in total. The third-order valence-electron chi connectivity index (χ3n) is 5.83. The number of carboxylic acids is 1. The lowest BCUT2D eigenvalue weighted by Crippen LogP contribution is -2.44. The highest BCUT2D eigenvalue weighted by Gasteiger charge is 2.48. The van der Waals surface area contributed by atoms with Gasteiger partial charge in [0.15, 0.2) is 11.5 Å². The highest BCUT2D eigenvalue weighted by molar-refractivity contribution is 5.77. The van der Waals surface area contributed by atoms with Crippen LogP contribution in [0.4, 0.5) is 5.95 Å². The van der Waals surface area contributed by atoms with Gasteiger partial charge in [0.2, 0.25) is 18.6 Å². The Morgan fingerprint density at radius 1 is 1.03 bits per heavy atom. The van der Waals surface area contributed by atoms with Crippen LogP contribution in [0.1, 0.15) is 19.3 Å². The number of hydrogen-bond acceptors (Lipinski definition) is 9. The molecule has 3 aliphatic heterocycles. The lowest BCUT2D eigenvalue weighted by Gasteiger charge is -2.18. The second kappa shape index (κ2) is 9.20. The van der Waals surface area contributed by atoms with E-state index in [9.17, 15) is 9.59 Å². The first kappa shape index (κ1) is 21.4. The van der Waals surface area contributed by atoms with E-state index in [1.54, 1.807) is 6.20 Å². The van der Waals surface area contributed by atoms with E-state index in [2.05, 4.69) is 20.6 Å². The number of benzene rings is 1. The maximum Gasteiger partial charge on any atom is 0.303 e. The molecule has 1 aromatic heterocycles. The highest BCUT2D eigenvalue weighted by Crippen LogP contribution is 2.35.